The third-order valence-electron chi connectivity index (χ3n) is 2.88. The first-order valence-electron chi connectivity index (χ1n) is 6.55. The predicted octanol–water partition coefficient (Wildman–Crippen LogP) is 2.89. The van der Waals surface area contributed by atoms with E-state index in [0.29, 0.717) is 25.0 Å². The molecule has 2 heterocycles. The molecule has 124 valence electrons. The van der Waals surface area contributed by atoms with Crippen LogP contribution in [0.1, 0.15) is 5.69 Å². The van der Waals surface area contributed by atoms with Crippen LogP contribution in [0.2, 0.25) is 10.0 Å². The van der Waals surface area contributed by atoms with E-state index in [1.165, 1.54) is 27.6 Å². The average Bonchev–Trinajstić information content (AvgIpc) is 2.97. The summed E-state index contributed by atoms with van der Waals surface area (Å²) in [6, 6.07) is 4.96. The van der Waals surface area contributed by atoms with E-state index in [0.717, 1.165) is 0 Å². The maximum atomic E-state index is 12.1. The molecule has 0 saturated heterocycles. The standard InChI is InChI=1S/C13H9Cl2N5O2S2/c1-6-11(22)20-12(18-17-6)24-13(19-20)23-5-9(21)16-10-7(14)3-2-4-8(10)15/h2-4H,5H2,1H3,(H,16,21). The fourth-order valence-electron chi connectivity index (χ4n) is 1.75. The Hall–Kier alpha value is -1.68. The molecule has 2 aromatic heterocycles. The molecule has 1 N–H and O–H groups in total. The van der Waals surface area contributed by atoms with E-state index in [9.17, 15) is 9.59 Å². The van der Waals surface area contributed by atoms with Crippen molar-refractivity contribution in [3.05, 3.63) is 44.3 Å². The summed E-state index contributed by atoms with van der Waals surface area (Å²) in [5.41, 5.74) is 0.310. The van der Waals surface area contributed by atoms with Crippen LogP contribution >= 0.6 is 46.3 Å². The highest BCUT2D eigenvalue weighted by atomic mass is 35.5. The fraction of sp³-hybridized carbons (Fsp3) is 0.154. The van der Waals surface area contributed by atoms with Crippen molar-refractivity contribution < 1.29 is 4.79 Å². The van der Waals surface area contributed by atoms with Gasteiger partial charge in [0.25, 0.3) is 5.56 Å². The van der Waals surface area contributed by atoms with Gasteiger partial charge in [-0.25, -0.2) is 0 Å². The molecule has 11 heteroatoms. The van der Waals surface area contributed by atoms with E-state index in [4.69, 9.17) is 23.2 Å². The molecule has 3 rings (SSSR count). The first-order chi connectivity index (χ1) is 11.5. The molecular formula is C13H9Cl2N5O2S2. The number of thioether (sulfide) groups is 1. The highest BCUT2D eigenvalue weighted by Gasteiger charge is 2.13. The number of aryl methyl sites for hydroxylation is 1. The van der Waals surface area contributed by atoms with Gasteiger partial charge in [0, 0.05) is 0 Å². The van der Waals surface area contributed by atoms with Crippen molar-refractivity contribution in [2.45, 2.75) is 11.3 Å². The van der Waals surface area contributed by atoms with Gasteiger partial charge in [0.05, 0.1) is 21.5 Å². The average molecular weight is 402 g/mol. The molecular weight excluding hydrogens is 393 g/mol. The molecule has 0 aliphatic carbocycles. The first kappa shape index (κ1) is 17.2. The molecule has 3 aromatic rings. The topological polar surface area (TPSA) is 89.2 Å². The number of halogens is 2. The Morgan fingerprint density at radius 1 is 1.33 bits per heavy atom. The second-order valence-corrected chi connectivity index (χ2v) is 7.58. The summed E-state index contributed by atoms with van der Waals surface area (Å²) in [7, 11) is 0. The summed E-state index contributed by atoms with van der Waals surface area (Å²) in [6.07, 6.45) is 0. The Balaban J connectivity index is 1.71. The van der Waals surface area contributed by atoms with Crippen LogP contribution in [0.5, 0.6) is 0 Å². The molecule has 24 heavy (non-hydrogen) atoms. The van der Waals surface area contributed by atoms with Crippen LogP contribution in [0, 0.1) is 6.92 Å². The predicted molar refractivity (Wildman–Crippen MR) is 95.5 cm³/mol. The van der Waals surface area contributed by atoms with Gasteiger partial charge in [-0.05, 0) is 19.1 Å². The van der Waals surface area contributed by atoms with Gasteiger partial charge in [0.1, 0.15) is 5.69 Å². The molecule has 0 aliphatic heterocycles. The quantitative estimate of drug-likeness (QED) is 0.675. The van der Waals surface area contributed by atoms with Crippen LogP contribution < -0.4 is 10.9 Å². The smallest absolute Gasteiger partial charge is 0.296 e. The van der Waals surface area contributed by atoms with E-state index in [-0.39, 0.29) is 22.9 Å². The molecule has 0 atom stereocenters. The molecule has 0 saturated carbocycles. The van der Waals surface area contributed by atoms with E-state index in [1.807, 2.05) is 0 Å². The number of hydrogen-bond acceptors (Lipinski definition) is 7. The number of hydrogen-bond donors (Lipinski definition) is 1. The second-order valence-electron chi connectivity index (χ2n) is 4.59. The molecule has 0 unspecified atom stereocenters. The summed E-state index contributed by atoms with van der Waals surface area (Å²) in [6.45, 7) is 1.56. The zero-order valence-electron chi connectivity index (χ0n) is 12.1. The monoisotopic (exact) mass is 401 g/mol. The van der Waals surface area contributed by atoms with Crippen molar-refractivity contribution in [1.29, 1.82) is 0 Å². The maximum Gasteiger partial charge on any atom is 0.296 e. The molecule has 0 bridgehead atoms. The third-order valence-corrected chi connectivity index (χ3v) is 5.54. The van der Waals surface area contributed by atoms with Gasteiger partial charge in [0.15, 0.2) is 4.34 Å². The number of nitrogens with zero attached hydrogens (tertiary/aromatic N) is 4. The summed E-state index contributed by atoms with van der Waals surface area (Å²) >= 11 is 14.4. The lowest BCUT2D eigenvalue weighted by atomic mass is 10.3. The zero-order valence-corrected chi connectivity index (χ0v) is 15.3. The first-order valence-corrected chi connectivity index (χ1v) is 9.11. The van der Waals surface area contributed by atoms with Gasteiger partial charge >= 0.3 is 0 Å². The number of nitrogens with one attached hydrogen (secondary N) is 1. The normalized spacial score (nSPS) is 11.0. The molecule has 7 nitrogen and oxygen atoms in total. The summed E-state index contributed by atoms with van der Waals surface area (Å²) in [5.74, 6) is -0.202. The molecule has 0 aliphatic rings. The Bertz CT molecular complexity index is 968. The summed E-state index contributed by atoms with van der Waals surface area (Å²) in [5, 5.41) is 15.2. The lowest BCUT2D eigenvalue weighted by molar-refractivity contribution is -0.113. The lowest BCUT2D eigenvalue weighted by Gasteiger charge is -2.08. The Kier molecular flexibility index (Phi) is 5.04. The van der Waals surface area contributed by atoms with Crippen LogP contribution in [-0.2, 0) is 4.79 Å². The molecule has 0 radical (unpaired) electrons. The van der Waals surface area contributed by atoms with Gasteiger partial charge in [-0.3, -0.25) is 9.59 Å². The highest BCUT2D eigenvalue weighted by molar-refractivity contribution is 8.01. The van der Waals surface area contributed by atoms with Crippen LogP contribution in [-0.4, -0.2) is 31.5 Å². The van der Waals surface area contributed by atoms with E-state index < -0.39 is 0 Å². The number of carbonyl (C=O) groups excluding carboxylic acids is 1. The SMILES string of the molecule is Cc1nnc2sc(SCC(=O)Nc3c(Cl)cccc3Cl)nn2c1=O. The van der Waals surface area contributed by atoms with Crippen LogP contribution in [0.4, 0.5) is 5.69 Å². The number of anilines is 1. The van der Waals surface area contributed by atoms with Gasteiger partial charge in [-0.2, -0.15) is 4.52 Å². The largest absolute Gasteiger partial charge is 0.323 e. The number of amides is 1. The minimum atomic E-state index is -0.324. The number of para-hydroxylation sites is 1. The second kappa shape index (κ2) is 7.06. The van der Waals surface area contributed by atoms with Crippen LogP contribution in [0.3, 0.4) is 0 Å². The van der Waals surface area contributed by atoms with Gasteiger partial charge in [0.2, 0.25) is 10.9 Å². The molecule has 0 spiro atoms. The third kappa shape index (κ3) is 3.54. The fourth-order valence-corrected chi connectivity index (χ4v) is 3.92. The number of aromatic nitrogens is 4. The summed E-state index contributed by atoms with van der Waals surface area (Å²) in [4.78, 5) is 24.3. The van der Waals surface area contributed by atoms with Gasteiger partial charge in [-0.15, -0.1) is 15.3 Å². The number of carbonyl (C=O) groups is 1. The van der Waals surface area contributed by atoms with E-state index in [2.05, 4.69) is 20.6 Å². The molecule has 0 fully saturated rings. The minimum absolute atomic E-state index is 0.0858. The van der Waals surface area contributed by atoms with Crippen molar-refractivity contribution in [3.8, 4) is 0 Å². The molecule has 1 amide bonds. The van der Waals surface area contributed by atoms with E-state index >= 15 is 0 Å². The minimum Gasteiger partial charge on any atom is -0.323 e. The van der Waals surface area contributed by atoms with Crippen molar-refractivity contribution in [2.75, 3.05) is 11.1 Å². The zero-order chi connectivity index (χ0) is 17.3. The van der Waals surface area contributed by atoms with Gasteiger partial charge in [-0.1, -0.05) is 52.4 Å². The number of benzene rings is 1. The van der Waals surface area contributed by atoms with Crippen molar-refractivity contribution in [1.82, 2.24) is 19.8 Å². The lowest BCUT2D eigenvalue weighted by Crippen LogP contribution is -2.19. The van der Waals surface area contributed by atoms with Crippen molar-refractivity contribution >= 4 is 62.9 Å². The number of rotatable bonds is 4. The Morgan fingerprint density at radius 3 is 2.75 bits per heavy atom. The van der Waals surface area contributed by atoms with Gasteiger partial charge < -0.3 is 5.32 Å². The Labute approximate surface area is 154 Å². The maximum absolute atomic E-state index is 12.1. The number of fused-ring (bicyclic) bond motifs is 1. The Morgan fingerprint density at radius 2 is 2.04 bits per heavy atom. The van der Waals surface area contributed by atoms with Crippen molar-refractivity contribution in [2.24, 2.45) is 0 Å². The molecule has 1 aromatic carbocycles. The van der Waals surface area contributed by atoms with E-state index in [1.54, 1.807) is 25.1 Å². The van der Waals surface area contributed by atoms with Crippen LogP contribution in [0.15, 0.2) is 27.3 Å². The van der Waals surface area contributed by atoms with Crippen molar-refractivity contribution in [3.63, 3.8) is 0 Å². The highest BCUT2D eigenvalue weighted by Crippen LogP contribution is 2.30. The summed E-state index contributed by atoms with van der Waals surface area (Å²) < 4.78 is 1.71. The van der Waals surface area contributed by atoms with Crippen LogP contribution in [0.25, 0.3) is 4.96 Å².